The van der Waals surface area contributed by atoms with Gasteiger partial charge in [0, 0.05) is 39.3 Å². The first-order chi connectivity index (χ1) is 15.8. The molecule has 33 heavy (non-hydrogen) atoms. The summed E-state index contributed by atoms with van der Waals surface area (Å²) in [7, 11) is 3.31. The fraction of sp³-hybridized carbons (Fsp3) is 0.720. The van der Waals surface area contributed by atoms with Gasteiger partial charge in [-0.2, -0.15) is 0 Å². The SMILES string of the molecule is CCCCNC(=O)NC[C@H](O)[C@@H](N)C[C@H](Cc1ccc(OC)c(OCCCOC)c1)C(C)C. The molecule has 0 aromatic heterocycles. The van der Waals surface area contributed by atoms with E-state index in [-0.39, 0.29) is 18.5 Å². The van der Waals surface area contributed by atoms with Crippen molar-refractivity contribution >= 4 is 6.03 Å². The van der Waals surface area contributed by atoms with E-state index in [1.807, 2.05) is 18.2 Å². The minimum atomic E-state index is -0.807. The summed E-state index contributed by atoms with van der Waals surface area (Å²) in [5.41, 5.74) is 7.44. The van der Waals surface area contributed by atoms with Gasteiger partial charge in [0.2, 0.25) is 0 Å². The summed E-state index contributed by atoms with van der Waals surface area (Å²) in [6.07, 6.45) is 3.39. The van der Waals surface area contributed by atoms with Crippen molar-refractivity contribution in [2.24, 2.45) is 17.6 Å². The van der Waals surface area contributed by atoms with E-state index in [4.69, 9.17) is 19.9 Å². The van der Waals surface area contributed by atoms with Gasteiger partial charge in [0.1, 0.15) is 0 Å². The maximum absolute atomic E-state index is 11.8. The first-order valence-electron chi connectivity index (χ1n) is 12.1. The van der Waals surface area contributed by atoms with E-state index in [9.17, 15) is 9.90 Å². The Balaban J connectivity index is 2.66. The number of methoxy groups -OCH3 is 2. The van der Waals surface area contributed by atoms with Crippen LogP contribution in [0, 0.1) is 11.8 Å². The monoisotopic (exact) mass is 467 g/mol. The molecule has 0 saturated carbocycles. The fourth-order valence-corrected chi connectivity index (χ4v) is 3.54. The number of aliphatic hydroxyl groups excluding tert-OH is 1. The van der Waals surface area contributed by atoms with Gasteiger partial charge in [-0.05, 0) is 48.8 Å². The molecule has 0 saturated heterocycles. The average molecular weight is 468 g/mol. The summed E-state index contributed by atoms with van der Waals surface area (Å²) < 4.78 is 16.4. The molecule has 0 bridgehead atoms. The molecule has 0 aliphatic carbocycles. The van der Waals surface area contributed by atoms with Gasteiger partial charge in [0.25, 0.3) is 0 Å². The number of ether oxygens (including phenoxy) is 3. The molecule has 8 nitrogen and oxygen atoms in total. The second kappa shape index (κ2) is 16.6. The zero-order valence-electron chi connectivity index (χ0n) is 21.1. The molecule has 1 aromatic rings. The van der Waals surface area contributed by atoms with Crippen LogP contribution in [0.5, 0.6) is 11.5 Å². The number of aliphatic hydroxyl groups is 1. The van der Waals surface area contributed by atoms with E-state index < -0.39 is 12.1 Å². The normalized spacial score (nSPS) is 13.9. The zero-order valence-corrected chi connectivity index (χ0v) is 21.1. The molecule has 2 amide bonds. The Morgan fingerprint density at radius 2 is 1.88 bits per heavy atom. The predicted molar refractivity (Wildman–Crippen MR) is 132 cm³/mol. The van der Waals surface area contributed by atoms with Gasteiger partial charge in [0.05, 0.1) is 19.8 Å². The topological polar surface area (TPSA) is 115 Å². The van der Waals surface area contributed by atoms with Crippen LogP contribution in [-0.2, 0) is 11.2 Å². The predicted octanol–water partition coefficient (Wildman–Crippen LogP) is 3.10. The minimum Gasteiger partial charge on any atom is -0.493 e. The Hall–Kier alpha value is -2.03. The molecule has 1 rings (SSSR count). The van der Waals surface area contributed by atoms with Crippen molar-refractivity contribution in [1.29, 1.82) is 0 Å². The zero-order chi connectivity index (χ0) is 24.6. The van der Waals surface area contributed by atoms with Crippen molar-refractivity contribution in [1.82, 2.24) is 10.6 Å². The highest BCUT2D eigenvalue weighted by atomic mass is 16.5. The molecule has 1 aromatic carbocycles. The maximum atomic E-state index is 11.8. The fourth-order valence-electron chi connectivity index (χ4n) is 3.54. The highest BCUT2D eigenvalue weighted by molar-refractivity contribution is 5.73. The van der Waals surface area contributed by atoms with Crippen molar-refractivity contribution in [3.05, 3.63) is 23.8 Å². The van der Waals surface area contributed by atoms with Crippen LogP contribution in [0.4, 0.5) is 4.79 Å². The number of hydrogen-bond donors (Lipinski definition) is 4. The number of rotatable bonds is 17. The number of carbonyl (C=O) groups is 1. The summed E-state index contributed by atoms with van der Waals surface area (Å²) in [5, 5.41) is 16.0. The minimum absolute atomic E-state index is 0.131. The molecular weight excluding hydrogens is 422 g/mol. The average Bonchev–Trinajstić information content (AvgIpc) is 2.80. The first-order valence-corrected chi connectivity index (χ1v) is 12.1. The molecule has 0 heterocycles. The van der Waals surface area contributed by atoms with Crippen molar-refractivity contribution in [3.8, 4) is 11.5 Å². The number of carbonyl (C=O) groups excluding carboxylic acids is 1. The van der Waals surface area contributed by atoms with Crippen LogP contribution >= 0.6 is 0 Å². The quantitative estimate of drug-likeness (QED) is 0.262. The molecule has 0 radical (unpaired) electrons. The number of urea groups is 1. The van der Waals surface area contributed by atoms with Crippen LogP contribution in [-0.4, -0.2) is 63.8 Å². The molecule has 0 spiro atoms. The van der Waals surface area contributed by atoms with Gasteiger partial charge in [0.15, 0.2) is 11.5 Å². The van der Waals surface area contributed by atoms with Gasteiger partial charge < -0.3 is 35.7 Å². The van der Waals surface area contributed by atoms with Crippen LogP contribution in [0.2, 0.25) is 0 Å². The lowest BCUT2D eigenvalue weighted by atomic mass is 9.83. The van der Waals surface area contributed by atoms with Crippen molar-refractivity contribution in [3.63, 3.8) is 0 Å². The third-order valence-corrected chi connectivity index (χ3v) is 5.78. The van der Waals surface area contributed by atoms with Crippen molar-refractivity contribution in [2.75, 3.05) is 40.5 Å². The summed E-state index contributed by atoms with van der Waals surface area (Å²) >= 11 is 0. The number of unbranched alkanes of at least 4 members (excludes halogenated alkanes) is 1. The number of benzene rings is 1. The molecular formula is C25H45N3O5. The largest absolute Gasteiger partial charge is 0.493 e. The highest BCUT2D eigenvalue weighted by Crippen LogP contribution is 2.31. The lowest BCUT2D eigenvalue weighted by Gasteiger charge is -2.27. The Kier molecular flexibility index (Phi) is 14.6. The molecule has 3 atom stereocenters. The molecule has 8 heteroatoms. The van der Waals surface area contributed by atoms with E-state index >= 15 is 0 Å². The molecule has 5 N–H and O–H groups in total. The number of amides is 2. The third kappa shape index (κ3) is 11.6. The van der Waals surface area contributed by atoms with E-state index in [1.165, 1.54) is 0 Å². The second-order valence-electron chi connectivity index (χ2n) is 8.85. The lowest BCUT2D eigenvalue weighted by molar-refractivity contribution is 0.125. The molecule has 190 valence electrons. The third-order valence-electron chi connectivity index (χ3n) is 5.78. The van der Waals surface area contributed by atoms with Crippen LogP contribution in [0.1, 0.15) is 52.0 Å². The summed E-state index contributed by atoms with van der Waals surface area (Å²) in [5.74, 6) is 2.06. The Labute approximate surface area is 199 Å². The van der Waals surface area contributed by atoms with E-state index in [1.54, 1.807) is 14.2 Å². The van der Waals surface area contributed by atoms with Crippen molar-refractivity contribution in [2.45, 2.75) is 65.0 Å². The van der Waals surface area contributed by atoms with E-state index in [2.05, 4.69) is 31.4 Å². The summed E-state index contributed by atoms with van der Waals surface area (Å²) in [4.78, 5) is 11.8. The summed E-state index contributed by atoms with van der Waals surface area (Å²) in [6, 6.07) is 5.28. The van der Waals surface area contributed by atoms with E-state index in [0.717, 1.165) is 37.0 Å². The van der Waals surface area contributed by atoms with Crippen LogP contribution in [0.3, 0.4) is 0 Å². The Morgan fingerprint density at radius 3 is 2.52 bits per heavy atom. The number of hydrogen-bond acceptors (Lipinski definition) is 6. The Morgan fingerprint density at radius 1 is 1.12 bits per heavy atom. The smallest absolute Gasteiger partial charge is 0.314 e. The Bertz CT molecular complexity index is 671. The molecule has 0 unspecified atom stereocenters. The number of nitrogens with one attached hydrogen (secondary N) is 2. The van der Waals surface area contributed by atoms with Crippen molar-refractivity contribution < 1.29 is 24.1 Å². The van der Waals surface area contributed by atoms with Gasteiger partial charge in [-0.25, -0.2) is 4.79 Å². The maximum Gasteiger partial charge on any atom is 0.314 e. The first kappa shape index (κ1) is 29.0. The van der Waals surface area contributed by atoms with Gasteiger partial charge >= 0.3 is 6.03 Å². The lowest BCUT2D eigenvalue weighted by Crippen LogP contribution is -2.47. The van der Waals surface area contributed by atoms with Gasteiger partial charge in [-0.1, -0.05) is 33.3 Å². The summed E-state index contributed by atoms with van der Waals surface area (Å²) in [6.45, 7) is 8.34. The molecule has 0 aliphatic heterocycles. The van der Waals surface area contributed by atoms with Gasteiger partial charge in [-0.15, -0.1) is 0 Å². The van der Waals surface area contributed by atoms with Crippen LogP contribution in [0.25, 0.3) is 0 Å². The standard InChI is InChI=1S/C25H45N3O5/c1-6-7-11-27-25(30)28-17-22(29)21(26)16-20(18(2)3)14-19-9-10-23(32-5)24(15-19)33-13-8-12-31-4/h9-10,15,18,20-22,29H,6-8,11-14,16-17,26H2,1-5H3,(H2,27,28,30)/t20-,21-,22-/m0/s1. The number of nitrogens with two attached hydrogens (primary N) is 1. The van der Waals surface area contributed by atoms with Gasteiger partial charge in [-0.3, -0.25) is 0 Å². The van der Waals surface area contributed by atoms with E-state index in [0.29, 0.717) is 37.8 Å². The van der Waals surface area contributed by atoms with Crippen LogP contribution in [0.15, 0.2) is 18.2 Å². The molecule has 0 aliphatic rings. The second-order valence-corrected chi connectivity index (χ2v) is 8.85. The highest BCUT2D eigenvalue weighted by Gasteiger charge is 2.23. The molecule has 0 fully saturated rings. The van der Waals surface area contributed by atoms with Crippen LogP contribution < -0.4 is 25.8 Å².